The van der Waals surface area contributed by atoms with E-state index in [1.807, 2.05) is 25.7 Å². The molecular weight excluding hydrogens is 330 g/mol. The number of alkyl carbamates (subject to hydrolysis) is 1. The molecule has 0 unspecified atom stereocenters. The highest BCUT2D eigenvalue weighted by Crippen LogP contribution is 2.29. The average Bonchev–Trinajstić information content (AvgIpc) is 3.00. The van der Waals surface area contributed by atoms with Gasteiger partial charge in [0.05, 0.1) is 6.04 Å². The van der Waals surface area contributed by atoms with Crippen molar-refractivity contribution < 1.29 is 17.9 Å². The lowest BCUT2D eigenvalue weighted by Crippen LogP contribution is -2.41. The monoisotopic (exact) mass is 351 g/mol. The van der Waals surface area contributed by atoms with E-state index in [1.165, 1.54) is 0 Å². The quantitative estimate of drug-likeness (QED) is 0.832. The molecule has 130 valence electrons. The second-order valence-corrected chi connectivity index (χ2v) is 8.54. The first-order valence-corrected chi connectivity index (χ1v) is 9.28. The fourth-order valence-corrected chi connectivity index (χ4v) is 4.09. The van der Waals surface area contributed by atoms with Crippen molar-refractivity contribution in [2.75, 3.05) is 13.1 Å². The molecule has 1 N–H and O–H groups in total. The number of sulfonamides is 1. The maximum Gasteiger partial charge on any atom is 0.407 e. The summed E-state index contributed by atoms with van der Waals surface area (Å²) < 4.78 is 33.4. The van der Waals surface area contributed by atoms with Gasteiger partial charge in [-0.25, -0.2) is 4.79 Å². The van der Waals surface area contributed by atoms with Gasteiger partial charge in [0.1, 0.15) is 10.5 Å². The molecule has 2 aliphatic heterocycles. The lowest BCUT2D eigenvalue weighted by atomic mass is 10.2. The Morgan fingerprint density at radius 3 is 2.75 bits per heavy atom. The molecular formula is C16H21N3O4S. The Morgan fingerprint density at radius 2 is 2.04 bits per heavy atom. The molecule has 1 saturated heterocycles. The molecule has 8 heteroatoms. The Morgan fingerprint density at radius 1 is 1.33 bits per heavy atom. The minimum atomic E-state index is -3.62. The van der Waals surface area contributed by atoms with Crippen molar-refractivity contribution >= 4 is 22.0 Å². The number of nitrogens with zero attached hydrogens (tertiary/aromatic N) is 2. The first kappa shape index (κ1) is 16.8. The van der Waals surface area contributed by atoms with Gasteiger partial charge in [-0.15, -0.1) is 4.40 Å². The maximum absolute atomic E-state index is 12.1. The van der Waals surface area contributed by atoms with Gasteiger partial charge >= 0.3 is 6.09 Å². The van der Waals surface area contributed by atoms with Crippen LogP contribution in [0.25, 0.3) is 0 Å². The van der Waals surface area contributed by atoms with Gasteiger partial charge < -0.3 is 15.0 Å². The van der Waals surface area contributed by atoms with Crippen molar-refractivity contribution in [1.29, 1.82) is 0 Å². The highest BCUT2D eigenvalue weighted by atomic mass is 32.2. The van der Waals surface area contributed by atoms with E-state index < -0.39 is 21.7 Å². The summed E-state index contributed by atoms with van der Waals surface area (Å²) in [6.07, 6.45) is 0.247. The summed E-state index contributed by atoms with van der Waals surface area (Å²) in [4.78, 5) is 14.0. The van der Waals surface area contributed by atoms with Crippen LogP contribution in [0.15, 0.2) is 33.6 Å². The largest absolute Gasteiger partial charge is 0.444 e. The zero-order valence-corrected chi connectivity index (χ0v) is 14.8. The number of carbonyl (C=O) groups excluding carboxylic acids is 1. The molecule has 0 aromatic heterocycles. The number of benzene rings is 1. The normalized spacial score (nSPS) is 22.0. The lowest BCUT2D eigenvalue weighted by Gasteiger charge is -2.22. The van der Waals surface area contributed by atoms with Crippen LogP contribution in [-0.4, -0.2) is 50.0 Å². The second-order valence-electron chi connectivity index (χ2n) is 6.96. The van der Waals surface area contributed by atoms with E-state index in [-0.39, 0.29) is 10.9 Å². The summed E-state index contributed by atoms with van der Waals surface area (Å²) in [7, 11) is -3.62. The molecule has 0 bridgehead atoms. The van der Waals surface area contributed by atoms with Crippen molar-refractivity contribution in [3.8, 4) is 0 Å². The molecule has 24 heavy (non-hydrogen) atoms. The van der Waals surface area contributed by atoms with Crippen LogP contribution < -0.4 is 5.32 Å². The third kappa shape index (κ3) is 3.38. The smallest absolute Gasteiger partial charge is 0.407 e. The molecule has 1 amide bonds. The summed E-state index contributed by atoms with van der Waals surface area (Å²) in [5.74, 6) is 0.457. The van der Waals surface area contributed by atoms with Gasteiger partial charge in [-0.3, -0.25) is 0 Å². The zero-order valence-electron chi connectivity index (χ0n) is 13.9. The number of amides is 1. The minimum absolute atomic E-state index is 0.0991. The molecule has 0 aliphatic carbocycles. The zero-order chi connectivity index (χ0) is 17.5. The molecule has 0 saturated carbocycles. The fraction of sp³-hybridized carbons (Fsp3) is 0.500. The third-order valence-electron chi connectivity index (χ3n) is 3.82. The molecule has 1 aromatic rings. The van der Waals surface area contributed by atoms with Gasteiger partial charge in [-0.2, -0.15) is 8.42 Å². The first-order chi connectivity index (χ1) is 11.2. The second kappa shape index (κ2) is 5.77. The van der Waals surface area contributed by atoms with E-state index in [2.05, 4.69) is 9.71 Å². The fourth-order valence-electron chi connectivity index (χ4n) is 2.86. The molecule has 0 spiro atoms. The first-order valence-electron chi connectivity index (χ1n) is 7.84. The summed E-state index contributed by atoms with van der Waals surface area (Å²) in [5.41, 5.74) is 0.0701. The molecule has 7 nitrogen and oxygen atoms in total. The SMILES string of the molecule is CC(C)(C)OC(=O)N[C@@H]1CCN(C2=NS(=O)(=O)c3ccccc32)C1. The van der Waals surface area contributed by atoms with Gasteiger partial charge in [-0.1, -0.05) is 12.1 Å². The number of ether oxygens (including phenoxy) is 1. The van der Waals surface area contributed by atoms with E-state index in [0.29, 0.717) is 30.9 Å². The van der Waals surface area contributed by atoms with Crippen LogP contribution in [0.2, 0.25) is 0 Å². The van der Waals surface area contributed by atoms with Gasteiger partial charge in [0, 0.05) is 18.7 Å². The van der Waals surface area contributed by atoms with Crippen LogP contribution in [0.4, 0.5) is 4.79 Å². The van der Waals surface area contributed by atoms with Crippen molar-refractivity contribution in [1.82, 2.24) is 10.2 Å². The number of rotatable bonds is 1. The van der Waals surface area contributed by atoms with Gasteiger partial charge in [0.2, 0.25) is 0 Å². The summed E-state index contributed by atoms with van der Waals surface area (Å²) in [5, 5.41) is 2.83. The number of hydrogen-bond acceptors (Lipinski definition) is 5. The van der Waals surface area contributed by atoms with Crippen LogP contribution in [0.3, 0.4) is 0 Å². The van der Waals surface area contributed by atoms with Gasteiger partial charge in [0.25, 0.3) is 10.0 Å². The van der Waals surface area contributed by atoms with Gasteiger partial charge in [0.15, 0.2) is 5.84 Å². The minimum Gasteiger partial charge on any atom is -0.444 e. The van der Waals surface area contributed by atoms with E-state index in [1.54, 1.807) is 24.3 Å². The standard InChI is InChI=1S/C16H21N3O4S/c1-16(2,3)23-15(20)17-11-8-9-19(10-11)14-12-6-4-5-7-13(12)24(21,22)18-14/h4-7,11H,8-10H2,1-3H3,(H,17,20)/t11-/m1/s1. The summed E-state index contributed by atoms with van der Waals surface area (Å²) in [6.45, 7) is 6.55. The molecule has 1 atom stereocenters. The van der Waals surface area contributed by atoms with Crippen molar-refractivity contribution in [2.24, 2.45) is 4.40 Å². The lowest BCUT2D eigenvalue weighted by molar-refractivity contribution is 0.0507. The maximum atomic E-state index is 12.1. The van der Waals surface area contributed by atoms with Crippen molar-refractivity contribution in [3.63, 3.8) is 0 Å². The van der Waals surface area contributed by atoms with Crippen molar-refractivity contribution in [3.05, 3.63) is 29.8 Å². The van der Waals surface area contributed by atoms with Gasteiger partial charge in [-0.05, 0) is 39.3 Å². The van der Waals surface area contributed by atoms with Crippen LogP contribution in [0.5, 0.6) is 0 Å². The Kier molecular flexibility index (Phi) is 4.03. The van der Waals surface area contributed by atoms with Crippen LogP contribution in [-0.2, 0) is 14.8 Å². The molecule has 0 radical (unpaired) electrons. The number of amidine groups is 1. The highest BCUT2D eigenvalue weighted by Gasteiger charge is 2.35. The number of hydrogen-bond donors (Lipinski definition) is 1. The topological polar surface area (TPSA) is 88.1 Å². The van der Waals surface area contributed by atoms with Crippen LogP contribution in [0, 0.1) is 0 Å². The number of likely N-dealkylation sites (tertiary alicyclic amines) is 1. The number of fused-ring (bicyclic) bond motifs is 1. The molecule has 2 aliphatic rings. The van der Waals surface area contributed by atoms with E-state index in [4.69, 9.17) is 4.74 Å². The Hall–Kier alpha value is -2.09. The van der Waals surface area contributed by atoms with Crippen LogP contribution in [0.1, 0.15) is 32.8 Å². The van der Waals surface area contributed by atoms with Crippen LogP contribution >= 0.6 is 0 Å². The van der Waals surface area contributed by atoms with E-state index in [9.17, 15) is 13.2 Å². The molecule has 2 heterocycles. The highest BCUT2D eigenvalue weighted by molar-refractivity contribution is 7.90. The Balaban J connectivity index is 1.70. The molecule has 1 aromatic carbocycles. The third-order valence-corrected chi connectivity index (χ3v) is 5.15. The summed E-state index contributed by atoms with van der Waals surface area (Å²) >= 11 is 0. The summed E-state index contributed by atoms with van der Waals surface area (Å²) in [6, 6.07) is 6.70. The predicted octanol–water partition coefficient (Wildman–Crippen LogP) is 1.73. The molecule has 1 fully saturated rings. The van der Waals surface area contributed by atoms with Crippen molar-refractivity contribution in [2.45, 2.75) is 43.7 Å². The number of carbonyl (C=O) groups is 1. The van der Waals surface area contributed by atoms with E-state index in [0.717, 1.165) is 0 Å². The average molecular weight is 351 g/mol. The Bertz CT molecular complexity index is 796. The Labute approximate surface area is 141 Å². The molecule has 3 rings (SSSR count). The number of nitrogens with one attached hydrogen (secondary N) is 1. The predicted molar refractivity (Wildman–Crippen MR) is 89.5 cm³/mol. The van der Waals surface area contributed by atoms with E-state index >= 15 is 0 Å².